The number of phenolic OH excluding ortho intramolecular Hbond substituents is 1. The number of nitrogens with zero attached hydrogens (tertiary/aromatic N) is 1. The van der Waals surface area contributed by atoms with Crippen LogP contribution in [0.25, 0.3) is 0 Å². The highest BCUT2D eigenvalue weighted by Gasteiger charge is 2.18. The molecule has 1 N–H and O–H groups in total. The van der Waals surface area contributed by atoms with Crippen LogP contribution in [0, 0.1) is 6.92 Å². The molecule has 0 aliphatic heterocycles. The Bertz CT molecular complexity index is 517. The molecule has 0 bridgehead atoms. The number of para-hydroxylation sites is 1. The SMILES string of the molecule is Cc1ccccc1C(CCN(C)C)c1ccccc1O. The first kappa shape index (κ1) is 14.6. The van der Waals surface area contributed by atoms with Crippen molar-refractivity contribution in [3.05, 3.63) is 65.2 Å². The van der Waals surface area contributed by atoms with Crippen molar-refractivity contribution in [3.63, 3.8) is 0 Å². The van der Waals surface area contributed by atoms with Gasteiger partial charge in [0.05, 0.1) is 0 Å². The van der Waals surface area contributed by atoms with Crippen molar-refractivity contribution < 1.29 is 5.11 Å². The molecule has 0 aliphatic rings. The van der Waals surface area contributed by atoms with E-state index in [2.05, 4.69) is 50.2 Å². The van der Waals surface area contributed by atoms with E-state index in [4.69, 9.17) is 0 Å². The molecular weight excluding hydrogens is 246 g/mol. The van der Waals surface area contributed by atoms with Gasteiger partial charge in [0.15, 0.2) is 0 Å². The standard InChI is InChI=1S/C18H23NO/c1-14-8-4-5-9-15(14)16(12-13-19(2)3)17-10-6-7-11-18(17)20/h4-11,16,20H,12-13H2,1-3H3. The fourth-order valence-electron chi connectivity index (χ4n) is 2.63. The first-order chi connectivity index (χ1) is 9.59. The zero-order valence-electron chi connectivity index (χ0n) is 12.5. The highest BCUT2D eigenvalue weighted by atomic mass is 16.3. The van der Waals surface area contributed by atoms with Gasteiger partial charge in [-0.3, -0.25) is 0 Å². The minimum absolute atomic E-state index is 0.236. The van der Waals surface area contributed by atoms with Crippen molar-refractivity contribution in [3.8, 4) is 5.75 Å². The number of aromatic hydroxyl groups is 1. The summed E-state index contributed by atoms with van der Waals surface area (Å²) in [6, 6.07) is 16.1. The Hall–Kier alpha value is -1.80. The molecule has 106 valence electrons. The van der Waals surface area contributed by atoms with Gasteiger partial charge in [0.2, 0.25) is 0 Å². The van der Waals surface area contributed by atoms with Crippen molar-refractivity contribution in [1.29, 1.82) is 0 Å². The molecule has 2 heteroatoms. The van der Waals surface area contributed by atoms with Crippen LogP contribution in [0.5, 0.6) is 5.75 Å². The first-order valence-electron chi connectivity index (χ1n) is 7.07. The summed E-state index contributed by atoms with van der Waals surface area (Å²) < 4.78 is 0. The molecule has 20 heavy (non-hydrogen) atoms. The molecule has 0 saturated heterocycles. The normalized spacial score (nSPS) is 12.6. The summed E-state index contributed by atoms with van der Waals surface area (Å²) in [5.41, 5.74) is 3.60. The Morgan fingerprint density at radius 3 is 2.15 bits per heavy atom. The van der Waals surface area contributed by atoms with Crippen LogP contribution < -0.4 is 0 Å². The van der Waals surface area contributed by atoms with E-state index < -0.39 is 0 Å². The summed E-state index contributed by atoms with van der Waals surface area (Å²) in [6.07, 6.45) is 0.995. The molecule has 0 aromatic heterocycles. The highest BCUT2D eigenvalue weighted by molar-refractivity contribution is 5.43. The minimum Gasteiger partial charge on any atom is -0.508 e. The Labute approximate surface area is 121 Å². The summed E-state index contributed by atoms with van der Waals surface area (Å²) in [6.45, 7) is 3.13. The summed E-state index contributed by atoms with van der Waals surface area (Å²) in [5.74, 6) is 0.624. The molecule has 1 unspecified atom stereocenters. The molecule has 2 aromatic carbocycles. The predicted octanol–water partition coefficient (Wildman–Crippen LogP) is 3.78. The number of rotatable bonds is 5. The summed E-state index contributed by atoms with van der Waals surface area (Å²) in [5, 5.41) is 10.2. The molecule has 0 saturated carbocycles. The maximum Gasteiger partial charge on any atom is 0.119 e. The smallest absolute Gasteiger partial charge is 0.119 e. The van der Waals surface area contributed by atoms with Gasteiger partial charge in [-0.05, 0) is 51.2 Å². The zero-order chi connectivity index (χ0) is 14.5. The monoisotopic (exact) mass is 269 g/mol. The third-order valence-corrected chi connectivity index (χ3v) is 3.74. The van der Waals surface area contributed by atoms with Crippen molar-refractivity contribution in [1.82, 2.24) is 4.90 Å². The van der Waals surface area contributed by atoms with Gasteiger partial charge in [-0.15, -0.1) is 0 Å². The summed E-state index contributed by atoms with van der Waals surface area (Å²) in [4.78, 5) is 2.19. The van der Waals surface area contributed by atoms with Crippen LogP contribution >= 0.6 is 0 Å². The number of hydrogen-bond acceptors (Lipinski definition) is 2. The molecule has 0 radical (unpaired) electrons. The second-order valence-electron chi connectivity index (χ2n) is 5.56. The fraction of sp³-hybridized carbons (Fsp3) is 0.333. The van der Waals surface area contributed by atoms with Crippen molar-refractivity contribution in [2.75, 3.05) is 20.6 Å². The predicted molar refractivity (Wildman–Crippen MR) is 84.3 cm³/mol. The third-order valence-electron chi connectivity index (χ3n) is 3.74. The van der Waals surface area contributed by atoms with Gasteiger partial charge < -0.3 is 10.0 Å². The van der Waals surface area contributed by atoms with Crippen LogP contribution in [0.4, 0.5) is 0 Å². The van der Waals surface area contributed by atoms with Gasteiger partial charge in [-0.2, -0.15) is 0 Å². The Balaban J connectivity index is 2.40. The third kappa shape index (κ3) is 3.40. The lowest BCUT2D eigenvalue weighted by Gasteiger charge is -2.22. The van der Waals surface area contributed by atoms with E-state index in [9.17, 15) is 5.11 Å². The van der Waals surface area contributed by atoms with Crippen LogP contribution in [0.1, 0.15) is 29.0 Å². The van der Waals surface area contributed by atoms with Crippen LogP contribution in [-0.2, 0) is 0 Å². The van der Waals surface area contributed by atoms with E-state index in [-0.39, 0.29) is 5.92 Å². The van der Waals surface area contributed by atoms with Crippen LogP contribution in [0.15, 0.2) is 48.5 Å². The molecule has 0 fully saturated rings. The quantitative estimate of drug-likeness (QED) is 0.893. The Morgan fingerprint density at radius 2 is 1.55 bits per heavy atom. The maximum absolute atomic E-state index is 10.2. The fourth-order valence-corrected chi connectivity index (χ4v) is 2.63. The van der Waals surface area contributed by atoms with Crippen LogP contribution in [0.2, 0.25) is 0 Å². The topological polar surface area (TPSA) is 23.5 Å². The molecule has 2 rings (SSSR count). The maximum atomic E-state index is 10.2. The van der Waals surface area contributed by atoms with Gasteiger partial charge >= 0.3 is 0 Å². The number of benzene rings is 2. The molecular formula is C18H23NO. The van der Waals surface area contributed by atoms with Gasteiger partial charge in [-0.25, -0.2) is 0 Å². The van der Waals surface area contributed by atoms with E-state index in [1.807, 2.05) is 18.2 Å². The van der Waals surface area contributed by atoms with E-state index in [1.54, 1.807) is 6.07 Å². The number of hydrogen-bond donors (Lipinski definition) is 1. The molecule has 2 aromatic rings. The van der Waals surface area contributed by atoms with Crippen molar-refractivity contribution in [2.24, 2.45) is 0 Å². The van der Waals surface area contributed by atoms with Crippen molar-refractivity contribution >= 4 is 0 Å². The van der Waals surface area contributed by atoms with Gasteiger partial charge in [0.25, 0.3) is 0 Å². The summed E-state index contributed by atoms with van der Waals surface area (Å²) in [7, 11) is 4.17. The molecule has 0 spiro atoms. The molecule has 0 heterocycles. The molecule has 0 aliphatic carbocycles. The second kappa shape index (κ2) is 6.58. The van der Waals surface area contributed by atoms with Crippen LogP contribution in [0.3, 0.4) is 0 Å². The lowest BCUT2D eigenvalue weighted by Crippen LogP contribution is -2.17. The largest absolute Gasteiger partial charge is 0.508 e. The van der Waals surface area contributed by atoms with E-state index >= 15 is 0 Å². The minimum atomic E-state index is 0.236. The average Bonchev–Trinajstić information content (AvgIpc) is 2.42. The Morgan fingerprint density at radius 1 is 0.950 bits per heavy atom. The van der Waals surface area contributed by atoms with Gasteiger partial charge in [0, 0.05) is 11.5 Å². The Kier molecular flexibility index (Phi) is 4.80. The zero-order valence-corrected chi connectivity index (χ0v) is 12.5. The summed E-state index contributed by atoms with van der Waals surface area (Å²) >= 11 is 0. The number of phenols is 1. The molecule has 1 atom stereocenters. The van der Waals surface area contributed by atoms with E-state index in [1.165, 1.54) is 11.1 Å². The lowest BCUT2D eigenvalue weighted by molar-refractivity contribution is 0.386. The van der Waals surface area contributed by atoms with Crippen molar-refractivity contribution in [2.45, 2.75) is 19.3 Å². The van der Waals surface area contributed by atoms with Crippen LogP contribution in [-0.4, -0.2) is 30.6 Å². The highest BCUT2D eigenvalue weighted by Crippen LogP contribution is 2.35. The first-order valence-corrected chi connectivity index (χ1v) is 7.07. The molecule has 2 nitrogen and oxygen atoms in total. The number of aryl methyl sites for hydroxylation is 1. The lowest BCUT2D eigenvalue weighted by atomic mass is 9.85. The van der Waals surface area contributed by atoms with Gasteiger partial charge in [-0.1, -0.05) is 42.5 Å². The average molecular weight is 269 g/mol. The van der Waals surface area contributed by atoms with Gasteiger partial charge in [0.1, 0.15) is 5.75 Å². The second-order valence-corrected chi connectivity index (χ2v) is 5.56. The van der Waals surface area contributed by atoms with E-state index in [0.29, 0.717) is 5.75 Å². The van der Waals surface area contributed by atoms with E-state index in [0.717, 1.165) is 18.5 Å². The molecule has 0 amide bonds.